The predicted molar refractivity (Wildman–Crippen MR) is 195 cm³/mol. The summed E-state index contributed by atoms with van der Waals surface area (Å²) in [5, 5.41) is 5.40. The molecule has 3 heterocycles. The normalized spacial score (nSPS) is 13.5. The van der Waals surface area contributed by atoms with E-state index in [-0.39, 0.29) is 5.92 Å². The third kappa shape index (κ3) is 3.14. The summed E-state index contributed by atoms with van der Waals surface area (Å²) in [6.07, 6.45) is 0. The monoisotopic (exact) mass is 601 g/mol. The number of para-hydroxylation sites is 1. The van der Waals surface area contributed by atoms with Crippen LogP contribution in [0.2, 0.25) is 0 Å². The molecule has 0 spiro atoms. The van der Waals surface area contributed by atoms with Gasteiger partial charge in [-0.2, -0.15) is 0 Å². The number of benzene rings is 7. The first kappa shape index (κ1) is 24.8. The Bertz CT molecular complexity index is 2690. The molecule has 0 amide bonds. The average Bonchev–Trinajstić information content (AvgIpc) is 3.77. The van der Waals surface area contributed by atoms with Crippen LogP contribution in [0.3, 0.4) is 0 Å². The molecular weight excluding hydrogens is 575 g/mol. The van der Waals surface area contributed by atoms with Gasteiger partial charge in [-0.05, 0) is 56.6 Å². The van der Waals surface area contributed by atoms with Gasteiger partial charge in [-0.15, -0.1) is 11.3 Å². The van der Waals surface area contributed by atoms with E-state index in [1.807, 2.05) is 11.3 Å². The van der Waals surface area contributed by atoms with E-state index >= 15 is 0 Å². The molecule has 0 unspecified atom stereocenters. The third-order valence-corrected chi connectivity index (χ3v) is 11.7. The maximum absolute atomic E-state index is 2.63. The largest absolute Gasteiger partial charge is 0.335 e. The molecule has 0 N–H and O–H groups in total. The second-order valence-corrected chi connectivity index (χ2v) is 13.8. The fourth-order valence-corrected chi connectivity index (χ4v) is 9.92. The van der Waals surface area contributed by atoms with Crippen molar-refractivity contribution in [3.63, 3.8) is 0 Å². The molecule has 0 saturated heterocycles. The molecule has 11 rings (SSSR count). The Labute approximate surface area is 270 Å². The number of rotatable bonds is 2. The van der Waals surface area contributed by atoms with Crippen molar-refractivity contribution >= 4 is 53.3 Å². The number of hydrogen-bond donors (Lipinski definition) is 0. The highest BCUT2D eigenvalue weighted by molar-refractivity contribution is 7.26. The van der Waals surface area contributed by atoms with E-state index in [1.165, 1.54) is 97.6 Å². The highest BCUT2D eigenvalue weighted by Crippen LogP contribution is 2.53. The second kappa shape index (κ2) is 9.06. The Morgan fingerprint density at radius 3 is 1.76 bits per heavy atom. The molecule has 7 aromatic carbocycles. The maximum atomic E-state index is 2.63. The molecule has 214 valence electrons. The van der Waals surface area contributed by atoms with Crippen molar-refractivity contribution < 1.29 is 0 Å². The van der Waals surface area contributed by atoms with Crippen LogP contribution < -0.4 is 0 Å². The molecule has 0 atom stereocenters. The van der Waals surface area contributed by atoms with Crippen molar-refractivity contribution in [3.05, 3.63) is 168 Å². The van der Waals surface area contributed by atoms with Crippen LogP contribution in [0.15, 0.2) is 146 Å². The van der Waals surface area contributed by atoms with E-state index < -0.39 is 0 Å². The lowest BCUT2D eigenvalue weighted by atomic mass is 9.84. The summed E-state index contributed by atoms with van der Waals surface area (Å²) < 4.78 is 5.38. The van der Waals surface area contributed by atoms with Crippen LogP contribution in [0.4, 0.5) is 0 Å². The molecule has 2 aliphatic rings. The summed E-state index contributed by atoms with van der Waals surface area (Å²) in [5.74, 6) is 0.192. The lowest BCUT2D eigenvalue weighted by Crippen LogP contribution is -2.08. The zero-order chi connectivity index (χ0) is 29.9. The lowest BCUT2D eigenvalue weighted by Gasteiger charge is -2.23. The predicted octanol–water partition coefficient (Wildman–Crippen LogP) is 12.0. The van der Waals surface area contributed by atoms with Gasteiger partial charge in [0.15, 0.2) is 0 Å². The zero-order valence-electron chi connectivity index (χ0n) is 25.0. The van der Waals surface area contributed by atoms with Crippen molar-refractivity contribution in [2.75, 3.05) is 0 Å². The molecule has 1 aliphatic carbocycles. The Morgan fingerprint density at radius 2 is 1.02 bits per heavy atom. The van der Waals surface area contributed by atoms with E-state index in [1.54, 1.807) is 0 Å². The second-order valence-electron chi connectivity index (χ2n) is 12.8. The van der Waals surface area contributed by atoms with Gasteiger partial charge in [0.2, 0.25) is 0 Å². The van der Waals surface area contributed by atoms with Crippen LogP contribution in [0.5, 0.6) is 0 Å². The van der Waals surface area contributed by atoms with Crippen molar-refractivity contribution in [1.82, 2.24) is 4.57 Å². The van der Waals surface area contributed by atoms with Gasteiger partial charge in [-0.25, -0.2) is 0 Å². The lowest BCUT2D eigenvalue weighted by molar-refractivity contribution is 0.862. The van der Waals surface area contributed by atoms with Crippen molar-refractivity contribution in [2.24, 2.45) is 0 Å². The topological polar surface area (TPSA) is 4.93 Å². The van der Waals surface area contributed by atoms with Crippen molar-refractivity contribution in [3.8, 4) is 33.4 Å². The first-order chi connectivity index (χ1) is 22.8. The van der Waals surface area contributed by atoms with Gasteiger partial charge >= 0.3 is 0 Å². The Hall–Kier alpha value is -5.44. The fraction of sp³-hybridized carbons (Fsp3) is 0.0455. The van der Waals surface area contributed by atoms with Gasteiger partial charge < -0.3 is 4.57 Å². The summed E-state index contributed by atoms with van der Waals surface area (Å²) >= 11 is 1.94. The number of fused-ring (bicyclic) bond motifs is 12. The van der Waals surface area contributed by atoms with E-state index in [4.69, 9.17) is 0 Å². The standard InChI is InChI=1S/C44H27NS/c1-2-13-27-26(12-1)25-45-42-35(21-11-22-36(42)37-24-38-31-17-9-10-23-39(31)46-44(38)41(27)43(37)45)30-16-5-8-20-34(30)40-32-18-6-3-14-28(32)29-15-4-7-19-33(29)40/h1-24,40H,25H2. The van der Waals surface area contributed by atoms with Crippen molar-refractivity contribution in [2.45, 2.75) is 12.5 Å². The Morgan fingerprint density at radius 1 is 0.457 bits per heavy atom. The smallest absolute Gasteiger partial charge is 0.0589 e. The summed E-state index contributed by atoms with van der Waals surface area (Å²) in [7, 11) is 0. The van der Waals surface area contributed by atoms with E-state index in [2.05, 4.69) is 150 Å². The minimum Gasteiger partial charge on any atom is -0.335 e. The molecule has 1 nitrogen and oxygen atoms in total. The minimum atomic E-state index is 0.192. The van der Waals surface area contributed by atoms with Gasteiger partial charge in [0.25, 0.3) is 0 Å². The van der Waals surface area contributed by atoms with Crippen LogP contribution in [-0.4, -0.2) is 4.57 Å². The van der Waals surface area contributed by atoms with Crippen LogP contribution >= 0.6 is 11.3 Å². The molecule has 0 fully saturated rings. The van der Waals surface area contributed by atoms with Gasteiger partial charge in [-0.1, -0.05) is 133 Å². The number of hydrogen-bond acceptors (Lipinski definition) is 1. The molecule has 0 radical (unpaired) electrons. The van der Waals surface area contributed by atoms with E-state index in [0.29, 0.717) is 0 Å². The molecule has 9 aromatic rings. The van der Waals surface area contributed by atoms with Gasteiger partial charge in [0.05, 0.1) is 11.0 Å². The number of nitrogens with zero attached hydrogens (tertiary/aromatic N) is 1. The quantitative estimate of drug-likeness (QED) is 0.186. The molecule has 1 aliphatic heterocycles. The SMILES string of the molecule is c1ccc2c(c1)Cn1c3c(-c4ccccc4C4c5ccccc5-c5ccccc54)cccc3c3cc4c(sc5ccccc54)c-2c31. The van der Waals surface area contributed by atoms with Crippen LogP contribution in [0.25, 0.3) is 75.4 Å². The van der Waals surface area contributed by atoms with Gasteiger partial charge in [0.1, 0.15) is 0 Å². The first-order valence-electron chi connectivity index (χ1n) is 16.1. The summed E-state index contributed by atoms with van der Waals surface area (Å²) in [5.41, 5.74) is 16.4. The minimum absolute atomic E-state index is 0.192. The third-order valence-electron chi connectivity index (χ3n) is 10.5. The molecular formula is C44H27NS. The van der Waals surface area contributed by atoms with Gasteiger partial charge in [-0.3, -0.25) is 0 Å². The Kier molecular flexibility index (Phi) is 4.89. The molecule has 0 bridgehead atoms. The van der Waals surface area contributed by atoms with E-state index in [0.717, 1.165) is 6.54 Å². The maximum Gasteiger partial charge on any atom is 0.0589 e. The summed E-state index contributed by atoms with van der Waals surface area (Å²) in [6.45, 7) is 0.869. The summed E-state index contributed by atoms with van der Waals surface area (Å²) in [6, 6.07) is 54.5. The number of aromatic nitrogens is 1. The Balaban J connectivity index is 1.26. The summed E-state index contributed by atoms with van der Waals surface area (Å²) in [4.78, 5) is 0. The van der Waals surface area contributed by atoms with Crippen LogP contribution in [-0.2, 0) is 6.54 Å². The number of thiophene rings is 1. The first-order valence-corrected chi connectivity index (χ1v) is 16.9. The molecule has 0 saturated carbocycles. The highest BCUT2D eigenvalue weighted by Gasteiger charge is 2.32. The van der Waals surface area contributed by atoms with E-state index in [9.17, 15) is 0 Å². The fourth-order valence-electron chi connectivity index (χ4n) is 8.68. The molecule has 2 heteroatoms. The highest BCUT2D eigenvalue weighted by atomic mass is 32.1. The molecule has 46 heavy (non-hydrogen) atoms. The van der Waals surface area contributed by atoms with Crippen LogP contribution in [0.1, 0.15) is 28.2 Å². The average molecular weight is 602 g/mol. The molecule has 2 aromatic heterocycles. The van der Waals surface area contributed by atoms with Gasteiger partial charge in [0, 0.05) is 54.5 Å². The van der Waals surface area contributed by atoms with Crippen molar-refractivity contribution in [1.29, 1.82) is 0 Å². The zero-order valence-corrected chi connectivity index (χ0v) is 25.8. The van der Waals surface area contributed by atoms with Crippen LogP contribution in [0, 0.1) is 0 Å².